The van der Waals surface area contributed by atoms with Gasteiger partial charge in [-0.2, -0.15) is 5.26 Å². The van der Waals surface area contributed by atoms with Gasteiger partial charge < -0.3 is 0 Å². The molecule has 1 nitrogen and oxygen atoms in total. The molecule has 0 fully saturated rings. The molecule has 0 aromatic carbocycles. The van der Waals surface area contributed by atoms with Gasteiger partial charge in [0.25, 0.3) is 0 Å². The van der Waals surface area contributed by atoms with Gasteiger partial charge in [0.2, 0.25) is 0 Å². The molecular weight excluding hydrogens is 114 g/mol. The van der Waals surface area contributed by atoms with Crippen LogP contribution in [-0.2, 0) is 0 Å². The molecule has 0 aliphatic rings. The van der Waals surface area contributed by atoms with E-state index in [1.165, 1.54) is 5.41 Å². The summed E-state index contributed by atoms with van der Waals surface area (Å²) in [6.45, 7) is 0. The Bertz CT molecular complexity index is 99.9. The van der Waals surface area contributed by atoms with Gasteiger partial charge in [0.15, 0.2) is 0 Å². The molecule has 0 rings (SSSR count). The Morgan fingerprint density at radius 2 is 2.33 bits per heavy atom. The van der Waals surface area contributed by atoms with Gasteiger partial charge >= 0.3 is 0 Å². The van der Waals surface area contributed by atoms with Gasteiger partial charge in [0.1, 0.15) is 6.07 Å². The van der Waals surface area contributed by atoms with Crippen molar-refractivity contribution in [2.75, 3.05) is 0 Å². The van der Waals surface area contributed by atoms with Crippen LogP contribution < -0.4 is 0 Å². The molecule has 0 saturated heterocycles. The molecule has 0 aliphatic carbocycles. The van der Waals surface area contributed by atoms with Crippen LogP contribution >= 0.6 is 25.3 Å². The second-order valence-electron chi connectivity index (χ2n) is 0.626. The van der Waals surface area contributed by atoms with Gasteiger partial charge in [-0.3, -0.25) is 0 Å². The second-order valence-corrected chi connectivity index (χ2v) is 1.37. The average molecular weight is 117 g/mol. The second kappa shape index (κ2) is 3.13. The summed E-state index contributed by atoms with van der Waals surface area (Å²) in [5.74, 6) is 0. The number of nitrogens with zero attached hydrogens (tertiary/aromatic N) is 1. The summed E-state index contributed by atoms with van der Waals surface area (Å²) < 4.78 is 0. The monoisotopic (exact) mass is 117 g/mol. The highest BCUT2D eigenvalue weighted by atomic mass is 32.1. The molecule has 0 spiro atoms. The standard InChI is InChI=1S/C3H3NS2/c4-1-3(6)2-5/h2,5-6H. The zero-order valence-corrected chi connectivity index (χ0v) is 4.71. The minimum atomic E-state index is 0.332. The number of thiol groups is 2. The molecule has 0 aromatic rings. The van der Waals surface area contributed by atoms with Crippen molar-refractivity contribution >= 4 is 25.3 Å². The quantitative estimate of drug-likeness (QED) is 0.361. The Labute approximate surface area is 47.5 Å². The highest BCUT2D eigenvalue weighted by Crippen LogP contribution is 1.96. The van der Waals surface area contributed by atoms with Crippen molar-refractivity contribution in [2.24, 2.45) is 0 Å². The molecular formula is C3H3NS2. The summed E-state index contributed by atoms with van der Waals surface area (Å²) >= 11 is 7.29. The van der Waals surface area contributed by atoms with Crippen molar-refractivity contribution in [3.05, 3.63) is 10.3 Å². The van der Waals surface area contributed by atoms with Crippen LogP contribution in [0.3, 0.4) is 0 Å². The Morgan fingerprint density at radius 3 is 2.33 bits per heavy atom. The topological polar surface area (TPSA) is 23.8 Å². The van der Waals surface area contributed by atoms with E-state index in [1.807, 2.05) is 0 Å². The lowest BCUT2D eigenvalue weighted by Gasteiger charge is -1.68. The van der Waals surface area contributed by atoms with Crippen molar-refractivity contribution < 1.29 is 0 Å². The molecule has 0 aromatic heterocycles. The highest BCUT2D eigenvalue weighted by Gasteiger charge is 1.73. The first-order valence-electron chi connectivity index (χ1n) is 1.24. The Balaban J connectivity index is 3.61. The zero-order valence-electron chi connectivity index (χ0n) is 2.92. The van der Waals surface area contributed by atoms with Crippen molar-refractivity contribution in [1.29, 1.82) is 5.26 Å². The zero-order chi connectivity index (χ0) is 4.99. The molecule has 0 saturated carbocycles. The largest absolute Gasteiger partial charge is 0.192 e. The molecule has 32 valence electrons. The molecule has 0 unspecified atom stereocenters. The maximum atomic E-state index is 7.89. The summed E-state index contributed by atoms with van der Waals surface area (Å²) in [6, 6.07) is 1.76. The van der Waals surface area contributed by atoms with Crippen LogP contribution in [0.5, 0.6) is 0 Å². The van der Waals surface area contributed by atoms with E-state index in [4.69, 9.17) is 5.26 Å². The fourth-order valence-electron chi connectivity index (χ4n) is 0.0289. The van der Waals surface area contributed by atoms with Gasteiger partial charge in [-0.05, 0) is 5.41 Å². The van der Waals surface area contributed by atoms with Gasteiger partial charge in [-0.15, -0.1) is 25.3 Å². The molecule has 0 bridgehead atoms. The van der Waals surface area contributed by atoms with Crippen LogP contribution in [0.2, 0.25) is 0 Å². The Hall–Kier alpha value is -0.0700. The normalized spacial score (nSPS) is 10.5. The third-order valence-corrected chi connectivity index (χ3v) is 0.928. The molecule has 0 N–H and O–H groups in total. The number of allylic oxidation sites excluding steroid dienone is 1. The van der Waals surface area contributed by atoms with E-state index < -0.39 is 0 Å². The summed E-state index contributed by atoms with van der Waals surface area (Å²) in [5.41, 5.74) is 0. The number of rotatable bonds is 0. The highest BCUT2D eigenvalue weighted by molar-refractivity contribution is 7.88. The molecule has 0 radical (unpaired) electrons. The van der Waals surface area contributed by atoms with Crippen molar-refractivity contribution in [2.45, 2.75) is 0 Å². The van der Waals surface area contributed by atoms with Crippen LogP contribution in [0, 0.1) is 11.3 Å². The van der Waals surface area contributed by atoms with E-state index in [1.54, 1.807) is 6.07 Å². The SMILES string of the molecule is N#CC(S)=CS. The predicted octanol–water partition coefficient (Wildman–Crippen LogP) is 1.21. The minimum Gasteiger partial charge on any atom is -0.192 e. The minimum absolute atomic E-state index is 0.332. The Morgan fingerprint density at radius 1 is 1.83 bits per heavy atom. The fraction of sp³-hybridized carbons (Fsp3) is 0. The molecule has 0 atom stereocenters. The third-order valence-electron chi connectivity index (χ3n) is 0.237. The Kier molecular flexibility index (Phi) is 3.10. The lowest BCUT2D eigenvalue weighted by molar-refractivity contribution is 1.53. The first kappa shape index (κ1) is 5.93. The summed E-state index contributed by atoms with van der Waals surface area (Å²) in [6.07, 6.45) is 0. The van der Waals surface area contributed by atoms with E-state index in [0.717, 1.165) is 0 Å². The van der Waals surface area contributed by atoms with E-state index in [2.05, 4.69) is 25.3 Å². The van der Waals surface area contributed by atoms with E-state index in [-0.39, 0.29) is 0 Å². The smallest absolute Gasteiger partial charge is 0.106 e. The average Bonchev–Trinajstić information content (AvgIpc) is 1.65. The lowest BCUT2D eigenvalue weighted by Crippen LogP contribution is -1.50. The maximum Gasteiger partial charge on any atom is 0.106 e. The van der Waals surface area contributed by atoms with Crippen LogP contribution in [0.1, 0.15) is 0 Å². The summed E-state index contributed by atoms with van der Waals surface area (Å²) in [5, 5.41) is 9.23. The van der Waals surface area contributed by atoms with Crippen molar-refractivity contribution in [3.63, 3.8) is 0 Å². The first-order chi connectivity index (χ1) is 2.81. The van der Waals surface area contributed by atoms with Crippen LogP contribution in [0.4, 0.5) is 0 Å². The first-order valence-corrected chi connectivity index (χ1v) is 2.21. The maximum absolute atomic E-state index is 7.89. The van der Waals surface area contributed by atoms with E-state index in [9.17, 15) is 0 Å². The van der Waals surface area contributed by atoms with Gasteiger partial charge in [0.05, 0.1) is 4.91 Å². The number of hydrogen-bond donors (Lipinski definition) is 2. The van der Waals surface area contributed by atoms with Crippen LogP contribution in [0.25, 0.3) is 0 Å². The summed E-state index contributed by atoms with van der Waals surface area (Å²) in [4.78, 5) is 0.332. The molecule has 6 heavy (non-hydrogen) atoms. The van der Waals surface area contributed by atoms with Crippen molar-refractivity contribution in [1.82, 2.24) is 0 Å². The third kappa shape index (κ3) is 2.18. The van der Waals surface area contributed by atoms with E-state index >= 15 is 0 Å². The molecule has 3 heteroatoms. The van der Waals surface area contributed by atoms with Gasteiger partial charge in [-0.1, -0.05) is 0 Å². The van der Waals surface area contributed by atoms with Gasteiger partial charge in [0, 0.05) is 0 Å². The lowest BCUT2D eigenvalue weighted by atomic mass is 10.7. The van der Waals surface area contributed by atoms with Crippen molar-refractivity contribution in [3.8, 4) is 6.07 Å². The number of nitriles is 1. The fourth-order valence-corrected chi connectivity index (χ4v) is 0.0866. The number of hydrogen-bond acceptors (Lipinski definition) is 3. The van der Waals surface area contributed by atoms with Crippen LogP contribution in [-0.4, -0.2) is 0 Å². The van der Waals surface area contributed by atoms with E-state index in [0.29, 0.717) is 4.91 Å². The molecule has 0 heterocycles. The molecule has 0 amide bonds. The van der Waals surface area contributed by atoms with Crippen LogP contribution in [0.15, 0.2) is 10.3 Å². The molecule has 0 aliphatic heterocycles. The summed E-state index contributed by atoms with van der Waals surface area (Å²) in [7, 11) is 0. The predicted molar refractivity (Wildman–Crippen MR) is 31.7 cm³/mol. The van der Waals surface area contributed by atoms with Gasteiger partial charge in [-0.25, -0.2) is 0 Å².